The van der Waals surface area contributed by atoms with Crippen molar-refractivity contribution in [3.05, 3.63) is 82.5 Å². The zero-order valence-electron chi connectivity index (χ0n) is 20.4. The topological polar surface area (TPSA) is 77.5 Å². The van der Waals surface area contributed by atoms with E-state index in [4.69, 9.17) is 9.47 Å². The number of esters is 1. The normalized spacial score (nSPS) is 23.0. The maximum atomic E-state index is 13.7. The fraction of sp³-hybridized carbons (Fsp3) is 0.414. The van der Waals surface area contributed by atoms with Crippen molar-refractivity contribution in [1.29, 1.82) is 0 Å². The van der Waals surface area contributed by atoms with Crippen LogP contribution >= 0.6 is 0 Å². The van der Waals surface area contributed by atoms with E-state index in [9.17, 15) is 9.59 Å². The number of hydrogen-bond donors (Lipinski definition) is 1. The lowest BCUT2D eigenvalue weighted by atomic mass is 9.72. The fourth-order valence-corrected chi connectivity index (χ4v) is 5.71. The molecule has 2 aromatic rings. The predicted octanol–water partition coefficient (Wildman–Crippen LogP) is 5.33. The lowest BCUT2D eigenvalue weighted by molar-refractivity contribution is -0.146. The van der Waals surface area contributed by atoms with Gasteiger partial charge in [0.2, 0.25) is 0 Å². The zero-order chi connectivity index (χ0) is 24.4. The molecule has 2 heterocycles. The second-order valence-electron chi connectivity index (χ2n) is 9.74. The van der Waals surface area contributed by atoms with Crippen LogP contribution in [0.4, 0.5) is 0 Å². The molecule has 0 unspecified atom stereocenters. The van der Waals surface area contributed by atoms with Crippen LogP contribution in [0.25, 0.3) is 0 Å². The van der Waals surface area contributed by atoms with Crippen molar-refractivity contribution in [3.63, 3.8) is 0 Å². The van der Waals surface area contributed by atoms with Crippen LogP contribution in [0.15, 0.2) is 71.3 Å². The van der Waals surface area contributed by atoms with Crippen molar-refractivity contribution in [3.8, 4) is 5.75 Å². The van der Waals surface area contributed by atoms with E-state index in [1.807, 2.05) is 43.3 Å². The van der Waals surface area contributed by atoms with Crippen LogP contribution in [-0.4, -0.2) is 30.0 Å². The zero-order valence-corrected chi connectivity index (χ0v) is 20.4. The van der Waals surface area contributed by atoms with E-state index >= 15 is 0 Å². The first-order valence-electron chi connectivity index (χ1n) is 12.5. The number of carbonyl (C=O) groups is 2. The second kappa shape index (κ2) is 10.1. The lowest BCUT2D eigenvalue weighted by Crippen LogP contribution is -2.37. The van der Waals surface area contributed by atoms with Gasteiger partial charge in [-0.05, 0) is 80.3 Å². The molecule has 0 bridgehead atoms. The molecular formula is C29H32N2O4. The van der Waals surface area contributed by atoms with E-state index in [-0.39, 0.29) is 23.8 Å². The summed E-state index contributed by atoms with van der Waals surface area (Å²) < 4.78 is 11.3. The second-order valence-corrected chi connectivity index (χ2v) is 9.74. The number of methoxy groups -OCH3 is 1. The van der Waals surface area contributed by atoms with Gasteiger partial charge < -0.3 is 14.8 Å². The number of benzene rings is 1. The molecule has 5 rings (SSSR count). The quantitative estimate of drug-likeness (QED) is 0.593. The summed E-state index contributed by atoms with van der Waals surface area (Å²) in [4.78, 5) is 31.3. The summed E-state index contributed by atoms with van der Waals surface area (Å²) in [6, 6.07) is 11.7. The highest BCUT2D eigenvalue weighted by Gasteiger charge is 2.41. The van der Waals surface area contributed by atoms with Crippen LogP contribution in [0.2, 0.25) is 0 Å². The number of ether oxygens (including phenoxy) is 2. The highest BCUT2D eigenvalue weighted by atomic mass is 16.5. The number of Topliss-reactive ketones (excluding diaryl/α,β-unsaturated/α-hetero) is 1. The van der Waals surface area contributed by atoms with Crippen molar-refractivity contribution < 1.29 is 19.1 Å². The molecule has 2 aliphatic carbocycles. The molecule has 0 spiro atoms. The van der Waals surface area contributed by atoms with Gasteiger partial charge in [0, 0.05) is 41.7 Å². The summed E-state index contributed by atoms with van der Waals surface area (Å²) >= 11 is 0. The summed E-state index contributed by atoms with van der Waals surface area (Å²) in [5.41, 5.74) is 4.88. The third-order valence-electron chi connectivity index (χ3n) is 7.50. The molecule has 1 saturated carbocycles. The monoisotopic (exact) mass is 472 g/mol. The van der Waals surface area contributed by atoms with Crippen LogP contribution in [0.3, 0.4) is 0 Å². The van der Waals surface area contributed by atoms with Crippen LogP contribution in [0.1, 0.15) is 74.8 Å². The SMILES string of the molecule is COc1ccc([C@H]2CC(=O)C3=C(C2)NC(C)=C(C(=O)OC2CCCCC2)[C@H]3c2ccncc2)cc1. The van der Waals surface area contributed by atoms with Gasteiger partial charge in [0.15, 0.2) is 5.78 Å². The minimum Gasteiger partial charge on any atom is -0.497 e. The smallest absolute Gasteiger partial charge is 0.337 e. The number of dihydropyridines is 1. The number of rotatable bonds is 5. The Morgan fingerprint density at radius 2 is 1.69 bits per heavy atom. The number of nitrogens with one attached hydrogen (secondary N) is 1. The van der Waals surface area contributed by atoms with Crippen LogP contribution < -0.4 is 10.1 Å². The summed E-state index contributed by atoms with van der Waals surface area (Å²) in [6.07, 6.45) is 9.66. The highest BCUT2D eigenvalue weighted by molar-refractivity contribution is 6.04. The molecule has 2 atom stereocenters. The van der Waals surface area contributed by atoms with Crippen LogP contribution in [0.5, 0.6) is 5.75 Å². The molecule has 0 amide bonds. The van der Waals surface area contributed by atoms with Crippen molar-refractivity contribution in [2.24, 2.45) is 0 Å². The Labute approximate surface area is 206 Å². The Kier molecular flexibility index (Phi) is 6.71. The molecule has 1 aromatic heterocycles. The first-order valence-corrected chi connectivity index (χ1v) is 12.5. The van der Waals surface area contributed by atoms with Crippen molar-refractivity contribution in [2.75, 3.05) is 7.11 Å². The Morgan fingerprint density at radius 1 is 0.971 bits per heavy atom. The minimum absolute atomic E-state index is 0.0495. The summed E-state index contributed by atoms with van der Waals surface area (Å²) in [7, 11) is 1.65. The molecule has 182 valence electrons. The molecule has 1 fully saturated rings. The van der Waals surface area contributed by atoms with Gasteiger partial charge in [-0.2, -0.15) is 0 Å². The summed E-state index contributed by atoms with van der Waals surface area (Å²) in [5.74, 6) is 0.164. The van der Waals surface area contributed by atoms with Gasteiger partial charge in [-0.1, -0.05) is 18.6 Å². The number of carbonyl (C=O) groups excluding carboxylic acids is 2. The number of allylic oxidation sites excluding steroid dienone is 3. The third-order valence-corrected chi connectivity index (χ3v) is 7.50. The maximum absolute atomic E-state index is 13.7. The average molecular weight is 473 g/mol. The van der Waals surface area contributed by atoms with Crippen LogP contribution in [0, 0.1) is 0 Å². The van der Waals surface area contributed by atoms with E-state index in [0.29, 0.717) is 24.0 Å². The van der Waals surface area contributed by atoms with Gasteiger partial charge in [0.1, 0.15) is 11.9 Å². The molecule has 0 radical (unpaired) electrons. The Morgan fingerprint density at radius 3 is 2.37 bits per heavy atom. The lowest BCUT2D eigenvalue weighted by Gasteiger charge is -2.37. The van der Waals surface area contributed by atoms with Gasteiger partial charge in [0.05, 0.1) is 12.7 Å². The first-order chi connectivity index (χ1) is 17.0. The van der Waals surface area contributed by atoms with Gasteiger partial charge >= 0.3 is 5.97 Å². The first kappa shape index (κ1) is 23.3. The van der Waals surface area contributed by atoms with Gasteiger partial charge in [-0.3, -0.25) is 9.78 Å². The van der Waals surface area contributed by atoms with E-state index in [2.05, 4.69) is 10.3 Å². The standard InChI is InChI=1S/C29H32N2O4/c1-18-26(29(33)35-23-6-4-3-5-7-23)27(20-12-14-30-15-13-20)28-24(31-18)16-21(17-25(28)32)19-8-10-22(34-2)11-9-19/h8-15,21,23,27,31H,3-7,16-17H2,1-2H3/t21-,27-/m1/s1. The Hall–Kier alpha value is -3.41. The van der Waals surface area contributed by atoms with E-state index in [1.54, 1.807) is 19.5 Å². The molecule has 3 aliphatic rings. The Bertz CT molecular complexity index is 1160. The molecule has 1 aliphatic heterocycles. The predicted molar refractivity (Wildman–Crippen MR) is 133 cm³/mol. The summed E-state index contributed by atoms with van der Waals surface area (Å²) in [6.45, 7) is 1.91. The molecule has 35 heavy (non-hydrogen) atoms. The van der Waals surface area contributed by atoms with Crippen molar-refractivity contribution in [1.82, 2.24) is 10.3 Å². The minimum atomic E-state index is -0.449. The molecule has 0 saturated heterocycles. The Balaban J connectivity index is 1.49. The highest BCUT2D eigenvalue weighted by Crippen LogP contribution is 2.46. The van der Waals surface area contributed by atoms with E-state index < -0.39 is 5.92 Å². The number of ketones is 1. The maximum Gasteiger partial charge on any atom is 0.337 e. The van der Waals surface area contributed by atoms with Crippen molar-refractivity contribution in [2.45, 2.75) is 69.8 Å². The fourth-order valence-electron chi connectivity index (χ4n) is 5.71. The number of nitrogens with zero attached hydrogens (tertiary/aromatic N) is 1. The van der Waals surface area contributed by atoms with Gasteiger partial charge in [-0.15, -0.1) is 0 Å². The molecule has 1 N–H and O–H groups in total. The van der Waals surface area contributed by atoms with E-state index in [1.165, 1.54) is 6.42 Å². The molecule has 6 heteroatoms. The molecule has 6 nitrogen and oxygen atoms in total. The number of hydrogen-bond acceptors (Lipinski definition) is 6. The number of pyridine rings is 1. The third kappa shape index (κ3) is 4.75. The number of aromatic nitrogens is 1. The van der Waals surface area contributed by atoms with E-state index in [0.717, 1.165) is 54.0 Å². The largest absolute Gasteiger partial charge is 0.497 e. The van der Waals surface area contributed by atoms with Crippen LogP contribution in [-0.2, 0) is 14.3 Å². The molecule has 1 aromatic carbocycles. The van der Waals surface area contributed by atoms with Crippen molar-refractivity contribution >= 4 is 11.8 Å². The molecular weight excluding hydrogens is 440 g/mol. The summed E-state index contributed by atoms with van der Waals surface area (Å²) in [5, 5.41) is 3.44. The van der Waals surface area contributed by atoms with Gasteiger partial charge in [0.25, 0.3) is 0 Å². The van der Waals surface area contributed by atoms with Gasteiger partial charge in [-0.25, -0.2) is 4.79 Å². The average Bonchev–Trinajstić information content (AvgIpc) is 2.88.